The van der Waals surface area contributed by atoms with Gasteiger partial charge in [0.15, 0.2) is 0 Å². The normalized spacial score (nSPS) is 12.4. The number of benzene rings is 1. The van der Waals surface area contributed by atoms with Gasteiger partial charge in [0, 0.05) is 6.20 Å². The molecule has 2 rings (SSSR count). The molecule has 0 radical (unpaired) electrons. The van der Waals surface area contributed by atoms with Crippen LogP contribution in [0.1, 0.15) is 40.9 Å². The highest BCUT2D eigenvalue weighted by Crippen LogP contribution is 2.24. The van der Waals surface area contributed by atoms with Crippen molar-refractivity contribution in [3.05, 3.63) is 64.5 Å². The summed E-state index contributed by atoms with van der Waals surface area (Å²) in [5.41, 5.74) is 6.24. The molecule has 2 aromatic rings. The maximum Gasteiger partial charge on any atom is 0.0754 e. The number of pyridine rings is 1. The average Bonchev–Trinajstić information content (AvgIpc) is 2.36. The van der Waals surface area contributed by atoms with E-state index in [1.165, 1.54) is 22.3 Å². The van der Waals surface area contributed by atoms with Crippen molar-refractivity contribution in [2.75, 3.05) is 6.54 Å². The highest BCUT2D eigenvalue weighted by Gasteiger charge is 2.16. The first-order chi connectivity index (χ1) is 9.11. The van der Waals surface area contributed by atoms with Crippen molar-refractivity contribution in [1.82, 2.24) is 10.3 Å². The van der Waals surface area contributed by atoms with E-state index >= 15 is 0 Å². The smallest absolute Gasteiger partial charge is 0.0754 e. The fraction of sp³-hybridized carbons (Fsp3) is 0.353. The molecule has 1 atom stereocenters. The number of hydrogen-bond donors (Lipinski definition) is 1. The second-order valence-corrected chi connectivity index (χ2v) is 5.12. The Balaban J connectivity index is 2.48. The van der Waals surface area contributed by atoms with E-state index in [0.717, 1.165) is 12.2 Å². The van der Waals surface area contributed by atoms with Crippen molar-refractivity contribution in [2.45, 2.75) is 33.7 Å². The maximum absolute atomic E-state index is 4.57. The zero-order valence-electron chi connectivity index (χ0n) is 12.2. The van der Waals surface area contributed by atoms with Crippen molar-refractivity contribution in [3.8, 4) is 0 Å². The average molecular weight is 254 g/mol. The fourth-order valence-electron chi connectivity index (χ4n) is 2.55. The molecule has 1 N–H and O–H groups in total. The van der Waals surface area contributed by atoms with Gasteiger partial charge in [-0.05, 0) is 44.5 Å². The highest BCUT2D eigenvalue weighted by molar-refractivity contribution is 5.37. The Morgan fingerprint density at radius 3 is 2.37 bits per heavy atom. The third-order valence-corrected chi connectivity index (χ3v) is 3.31. The van der Waals surface area contributed by atoms with E-state index in [2.05, 4.69) is 62.3 Å². The summed E-state index contributed by atoms with van der Waals surface area (Å²) in [6.45, 7) is 9.46. The quantitative estimate of drug-likeness (QED) is 0.899. The molecule has 0 spiro atoms. The highest BCUT2D eigenvalue weighted by atomic mass is 14.9. The third-order valence-electron chi connectivity index (χ3n) is 3.31. The summed E-state index contributed by atoms with van der Waals surface area (Å²) in [6.07, 6.45) is 1.87. The van der Waals surface area contributed by atoms with Crippen molar-refractivity contribution >= 4 is 0 Å². The van der Waals surface area contributed by atoms with Crippen molar-refractivity contribution in [2.24, 2.45) is 0 Å². The monoisotopic (exact) mass is 254 g/mol. The minimum atomic E-state index is 0.171. The van der Waals surface area contributed by atoms with E-state index in [-0.39, 0.29) is 6.04 Å². The standard InChI is InChI=1S/C17H22N2/c1-5-18-17(16-14(4)7-6-8-19-16)15-10-12(2)9-13(3)11-15/h6-11,17-18H,5H2,1-4H3. The van der Waals surface area contributed by atoms with Crippen LogP contribution in [0, 0.1) is 20.8 Å². The Kier molecular flexibility index (Phi) is 4.33. The molecular formula is C17H22N2. The molecule has 1 heterocycles. The van der Waals surface area contributed by atoms with Gasteiger partial charge in [-0.1, -0.05) is 42.3 Å². The van der Waals surface area contributed by atoms with Gasteiger partial charge in [0.05, 0.1) is 11.7 Å². The number of hydrogen-bond acceptors (Lipinski definition) is 2. The number of rotatable bonds is 4. The van der Waals surface area contributed by atoms with Crippen LogP contribution in [0.3, 0.4) is 0 Å². The Morgan fingerprint density at radius 2 is 1.79 bits per heavy atom. The predicted octanol–water partition coefficient (Wildman–Crippen LogP) is 3.71. The van der Waals surface area contributed by atoms with Gasteiger partial charge in [0.2, 0.25) is 0 Å². The second kappa shape index (κ2) is 5.98. The molecule has 0 amide bonds. The summed E-state index contributed by atoms with van der Waals surface area (Å²) in [4.78, 5) is 4.57. The van der Waals surface area contributed by atoms with Gasteiger partial charge < -0.3 is 5.32 Å². The first-order valence-electron chi connectivity index (χ1n) is 6.85. The van der Waals surface area contributed by atoms with Crippen LogP contribution in [0.4, 0.5) is 0 Å². The van der Waals surface area contributed by atoms with Crippen molar-refractivity contribution < 1.29 is 0 Å². The Morgan fingerprint density at radius 1 is 1.11 bits per heavy atom. The molecule has 0 aliphatic carbocycles. The lowest BCUT2D eigenvalue weighted by atomic mass is 9.96. The van der Waals surface area contributed by atoms with E-state index in [1.807, 2.05) is 12.3 Å². The van der Waals surface area contributed by atoms with Gasteiger partial charge in [-0.2, -0.15) is 0 Å². The van der Waals surface area contributed by atoms with E-state index in [0.29, 0.717) is 0 Å². The number of nitrogens with zero attached hydrogens (tertiary/aromatic N) is 1. The SMILES string of the molecule is CCNC(c1cc(C)cc(C)c1)c1ncccc1C. The Labute approximate surface area is 115 Å². The minimum Gasteiger partial charge on any atom is -0.305 e. The van der Waals surface area contributed by atoms with Gasteiger partial charge in [0.25, 0.3) is 0 Å². The van der Waals surface area contributed by atoms with Crippen LogP contribution in [0.5, 0.6) is 0 Å². The molecule has 2 heteroatoms. The van der Waals surface area contributed by atoms with Crippen LogP contribution in [-0.4, -0.2) is 11.5 Å². The molecule has 0 bridgehead atoms. The maximum atomic E-state index is 4.57. The number of nitrogens with one attached hydrogen (secondary N) is 1. The molecule has 0 saturated carbocycles. The summed E-state index contributed by atoms with van der Waals surface area (Å²) >= 11 is 0. The predicted molar refractivity (Wildman–Crippen MR) is 80.4 cm³/mol. The summed E-state index contributed by atoms with van der Waals surface area (Å²) in [5, 5.41) is 3.55. The molecule has 0 aliphatic heterocycles. The molecule has 0 aliphatic rings. The molecular weight excluding hydrogens is 232 g/mol. The summed E-state index contributed by atoms with van der Waals surface area (Å²) in [6, 6.07) is 11.0. The largest absolute Gasteiger partial charge is 0.305 e. The zero-order chi connectivity index (χ0) is 13.8. The zero-order valence-corrected chi connectivity index (χ0v) is 12.2. The molecule has 1 aromatic carbocycles. The van der Waals surface area contributed by atoms with Gasteiger partial charge in [-0.15, -0.1) is 0 Å². The van der Waals surface area contributed by atoms with Crippen molar-refractivity contribution in [1.29, 1.82) is 0 Å². The molecule has 19 heavy (non-hydrogen) atoms. The minimum absolute atomic E-state index is 0.171. The van der Waals surface area contributed by atoms with E-state index < -0.39 is 0 Å². The van der Waals surface area contributed by atoms with Gasteiger partial charge in [0.1, 0.15) is 0 Å². The van der Waals surface area contributed by atoms with Crippen LogP contribution >= 0.6 is 0 Å². The molecule has 100 valence electrons. The van der Waals surface area contributed by atoms with Crippen LogP contribution in [0.2, 0.25) is 0 Å². The molecule has 1 aromatic heterocycles. The van der Waals surface area contributed by atoms with E-state index in [1.54, 1.807) is 0 Å². The van der Waals surface area contributed by atoms with E-state index in [4.69, 9.17) is 0 Å². The lowest BCUT2D eigenvalue weighted by Gasteiger charge is -2.20. The third kappa shape index (κ3) is 3.21. The molecule has 2 nitrogen and oxygen atoms in total. The first kappa shape index (κ1) is 13.8. The molecule has 0 saturated heterocycles. The topological polar surface area (TPSA) is 24.9 Å². The molecule has 0 fully saturated rings. The van der Waals surface area contributed by atoms with Crippen LogP contribution in [-0.2, 0) is 0 Å². The van der Waals surface area contributed by atoms with Gasteiger partial charge in [-0.25, -0.2) is 0 Å². The Hall–Kier alpha value is -1.67. The first-order valence-corrected chi connectivity index (χ1v) is 6.85. The van der Waals surface area contributed by atoms with Crippen LogP contribution in [0.15, 0.2) is 36.5 Å². The fourth-order valence-corrected chi connectivity index (χ4v) is 2.55. The van der Waals surface area contributed by atoms with Crippen LogP contribution in [0.25, 0.3) is 0 Å². The lowest BCUT2D eigenvalue weighted by molar-refractivity contribution is 0.611. The lowest BCUT2D eigenvalue weighted by Crippen LogP contribution is -2.24. The second-order valence-electron chi connectivity index (χ2n) is 5.12. The summed E-state index contributed by atoms with van der Waals surface area (Å²) < 4.78 is 0. The van der Waals surface area contributed by atoms with E-state index in [9.17, 15) is 0 Å². The summed E-state index contributed by atoms with van der Waals surface area (Å²) in [5.74, 6) is 0. The number of aryl methyl sites for hydroxylation is 3. The number of aromatic nitrogens is 1. The molecule has 1 unspecified atom stereocenters. The van der Waals surface area contributed by atoms with Crippen LogP contribution < -0.4 is 5.32 Å². The Bertz CT molecular complexity index is 541. The van der Waals surface area contributed by atoms with Crippen molar-refractivity contribution in [3.63, 3.8) is 0 Å². The van der Waals surface area contributed by atoms with Gasteiger partial charge in [-0.3, -0.25) is 4.98 Å². The van der Waals surface area contributed by atoms with Gasteiger partial charge >= 0.3 is 0 Å². The summed E-state index contributed by atoms with van der Waals surface area (Å²) in [7, 11) is 0.